The molecular weight excluding hydrogens is 248 g/mol. The van der Waals surface area contributed by atoms with Crippen molar-refractivity contribution < 1.29 is 4.74 Å². The third kappa shape index (κ3) is 2.19. The van der Waals surface area contributed by atoms with Gasteiger partial charge in [0.05, 0.1) is 11.1 Å². The van der Waals surface area contributed by atoms with Crippen LogP contribution in [0.4, 0.5) is 0 Å². The van der Waals surface area contributed by atoms with Crippen LogP contribution in [0, 0.1) is 0 Å². The van der Waals surface area contributed by atoms with E-state index in [1.807, 2.05) is 24.3 Å². The summed E-state index contributed by atoms with van der Waals surface area (Å²) >= 11 is 6.08. The molecule has 0 saturated carbocycles. The van der Waals surface area contributed by atoms with Crippen molar-refractivity contribution in [1.29, 1.82) is 0 Å². The second-order valence-corrected chi connectivity index (χ2v) is 4.66. The average Bonchev–Trinajstić information content (AvgIpc) is 2.81. The number of ether oxygens (including phenoxy) is 1. The Labute approximate surface area is 111 Å². The number of fused-ring (bicyclic) bond motifs is 1. The van der Waals surface area contributed by atoms with Gasteiger partial charge in [0.2, 0.25) is 0 Å². The van der Waals surface area contributed by atoms with E-state index in [1.54, 1.807) is 12.4 Å². The highest BCUT2D eigenvalue weighted by Gasteiger charge is 2.22. The Morgan fingerprint density at radius 1 is 1.33 bits per heavy atom. The van der Waals surface area contributed by atoms with Gasteiger partial charge in [-0.25, -0.2) is 0 Å². The fourth-order valence-electron chi connectivity index (χ4n) is 2.11. The molecule has 3 nitrogen and oxygen atoms in total. The lowest BCUT2D eigenvalue weighted by atomic mass is 10.1. The van der Waals surface area contributed by atoms with Gasteiger partial charge in [0.15, 0.2) is 0 Å². The summed E-state index contributed by atoms with van der Waals surface area (Å²) in [6, 6.07) is 10.3. The van der Waals surface area contributed by atoms with E-state index in [-0.39, 0.29) is 6.04 Å². The Bertz CT molecular complexity index is 559. The first-order valence-electron chi connectivity index (χ1n) is 5.88. The molecule has 3 rings (SSSR count). The van der Waals surface area contributed by atoms with Gasteiger partial charge in [0.25, 0.3) is 0 Å². The summed E-state index contributed by atoms with van der Waals surface area (Å²) < 4.78 is 5.62. The topological polar surface area (TPSA) is 34.2 Å². The van der Waals surface area contributed by atoms with Crippen molar-refractivity contribution in [1.82, 2.24) is 10.3 Å². The Morgan fingerprint density at radius 2 is 2.22 bits per heavy atom. The molecule has 18 heavy (non-hydrogen) atoms. The van der Waals surface area contributed by atoms with Crippen molar-refractivity contribution in [2.45, 2.75) is 12.6 Å². The Morgan fingerprint density at radius 3 is 3.11 bits per heavy atom. The van der Waals surface area contributed by atoms with Crippen molar-refractivity contribution in [2.24, 2.45) is 0 Å². The van der Waals surface area contributed by atoms with Crippen molar-refractivity contribution in [3.63, 3.8) is 0 Å². The predicted molar refractivity (Wildman–Crippen MR) is 70.8 cm³/mol. The Kier molecular flexibility index (Phi) is 3.17. The van der Waals surface area contributed by atoms with Crippen LogP contribution in [0.1, 0.15) is 17.2 Å². The smallest absolute Gasteiger partial charge is 0.124 e. The van der Waals surface area contributed by atoms with E-state index in [0.717, 1.165) is 11.3 Å². The van der Waals surface area contributed by atoms with Gasteiger partial charge in [0.1, 0.15) is 12.4 Å². The molecule has 0 saturated heterocycles. The lowest BCUT2D eigenvalue weighted by molar-refractivity contribution is 0.310. The summed E-state index contributed by atoms with van der Waals surface area (Å²) in [4.78, 5) is 3.98. The van der Waals surface area contributed by atoms with Crippen LogP contribution in [0.2, 0.25) is 5.02 Å². The van der Waals surface area contributed by atoms with Crippen molar-refractivity contribution in [3.05, 3.63) is 58.9 Å². The van der Waals surface area contributed by atoms with Crippen LogP contribution in [-0.2, 0) is 6.54 Å². The zero-order valence-electron chi connectivity index (χ0n) is 9.77. The van der Waals surface area contributed by atoms with Crippen molar-refractivity contribution in [2.75, 3.05) is 6.61 Å². The standard InChI is InChI=1S/C14H13ClN2O/c15-12-8-16-6-5-10(12)7-17-13-9-18-14-4-2-1-3-11(13)14/h1-6,8,13,17H,7,9H2. The quantitative estimate of drug-likeness (QED) is 0.921. The number of pyridine rings is 1. The molecule has 1 unspecified atom stereocenters. The first-order valence-corrected chi connectivity index (χ1v) is 6.26. The molecule has 1 N–H and O–H groups in total. The summed E-state index contributed by atoms with van der Waals surface area (Å²) in [7, 11) is 0. The molecule has 0 amide bonds. The zero-order chi connectivity index (χ0) is 12.4. The molecule has 0 radical (unpaired) electrons. The largest absolute Gasteiger partial charge is 0.491 e. The van der Waals surface area contributed by atoms with Gasteiger partial charge in [0, 0.05) is 24.5 Å². The molecule has 92 valence electrons. The summed E-state index contributed by atoms with van der Waals surface area (Å²) in [5, 5.41) is 4.15. The number of aromatic nitrogens is 1. The Hall–Kier alpha value is -1.58. The highest BCUT2D eigenvalue weighted by atomic mass is 35.5. The number of nitrogens with one attached hydrogen (secondary N) is 1. The second-order valence-electron chi connectivity index (χ2n) is 4.25. The minimum absolute atomic E-state index is 0.227. The zero-order valence-corrected chi connectivity index (χ0v) is 10.5. The number of benzene rings is 1. The van der Waals surface area contributed by atoms with Gasteiger partial charge >= 0.3 is 0 Å². The molecule has 1 aliphatic heterocycles. The molecule has 0 fully saturated rings. The molecule has 0 aliphatic carbocycles. The molecule has 1 aromatic carbocycles. The maximum atomic E-state index is 6.08. The minimum atomic E-state index is 0.227. The summed E-state index contributed by atoms with van der Waals surface area (Å²) in [6.07, 6.45) is 3.42. The van der Waals surface area contributed by atoms with Gasteiger partial charge in [-0.1, -0.05) is 29.8 Å². The molecule has 4 heteroatoms. The van der Waals surface area contributed by atoms with Crippen LogP contribution >= 0.6 is 11.6 Å². The van der Waals surface area contributed by atoms with Crippen LogP contribution in [-0.4, -0.2) is 11.6 Å². The minimum Gasteiger partial charge on any atom is -0.491 e. The van der Waals surface area contributed by atoms with Crippen molar-refractivity contribution >= 4 is 11.6 Å². The van der Waals surface area contributed by atoms with E-state index in [0.29, 0.717) is 18.2 Å². The van der Waals surface area contributed by atoms with E-state index < -0.39 is 0 Å². The fourth-order valence-corrected chi connectivity index (χ4v) is 2.30. The highest BCUT2D eigenvalue weighted by Crippen LogP contribution is 2.31. The molecule has 1 atom stereocenters. The lowest BCUT2D eigenvalue weighted by Gasteiger charge is -2.12. The summed E-state index contributed by atoms with van der Waals surface area (Å²) in [6.45, 7) is 1.38. The van der Waals surface area contributed by atoms with Crippen LogP contribution in [0.3, 0.4) is 0 Å². The summed E-state index contributed by atoms with van der Waals surface area (Å²) in [5.74, 6) is 0.968. The third-order valence-electron chi connectivity index (χ3n) is 3.10. The number of hydrogen-bond acceptors (Lipinski definition) is 3. The lowest BCUT2D eigenvalue weighted by Crippen LogP contribution is -2.22. The molecular formula is C14H13ClN2O. The van der Waals surface area contributed by atoms with E-state index in [9.17, 15) is 0 Å². The number of nitrogens with zero attached hydrogens (tertiary/aromatic N) is 1. The number of halogens is 1. The van der Waals surface area contributed by atoms with Crippen LogP contribution in [0.5, 0.6) is 5.75 Å². The normalized spacial score (nSPS) is 17.3. The van der Waals surface area contributed by atoms with E-state index >= 15 is 0 Å². The molecule has 1 aliphatic rings. The van der Waals surface area contributed by atoms with Gasteiger partial charge in [-0.2, -0.15) is 0 Å². The predicted octanol–water partition coefficient (Wildman–Crippen LogP) is 2.96. The van der Waals surface area contributed by atoms with Gasteiger partial charge in [-0.3, -0.25) is 4.98 Å². The van der Waals surface area contributed by atoms with Crippen LogP contribution in [0.25, 0.3) is 0 Å². The first kappa shape index (κ1) is 11.5. The first-order chi connectivity index (χ1) is 8.84. The molecule has 2 heterocycles. The molecule has 0 spiro atoms. The monoisotopic (exact) mass is 260 g/mol. The molecule has 1 aromatic heterocycles. The van der Waals surface area contributed by atoms with Gasteiger partial charge < -0.3 is 10.1 Å². The third-order valence-corrected chi connectivity index (χ3v) is 3.44. The van der Waals surface area contributed by atoms with Gasteiger partial charge in [-0.05, 0) is 17.7 Å². The maximum absolute atomic E-state index is 6.08. The number of rotatable bonds is 3. The van der Waals surface area contributed by atoms with E-state index in [2.05, 4.69) is 16.4 Å². The summed E-state index contributed by atoms with van der Waals surface area (Å²) in [5.41, 5.74) is 2.26. The molecule has 0 bridgehead atoms. The number of para-hydroxylation sites is 1. The second kappa shape index (κ2) is 4.96. The fraction of sp³-hybridized carbons (Fsp3) is 0.214. The van der Waals surface area contributed by atoms with Crippen molar-refractivity contribution in [3.8, 4) is 5.75 Å². The SMILES string of the molecule is Clc1cnccc1CNC1COc2ccccc21. The number of hydrogen-bond donors (Lipinski definition) is 1. The maximum Gasteiger partial charge on any atom is 0.124 e. The molecule has 2 aromatic rings. The Balaban J connectivity index is 1.71. The van der Waals surface area contributed by atoms with E-state index in [1.165, 1.54) is 5.56 Å². The van der Waals surface area contributed by atoms with E-state index in [4.69, 9.17) is 16.3 Å². The van der Waals surface area contributed by atoms with Crippen LogP contribution in [0.15, 0.2) is 42.7 Å². The highest BCUT2D eigenvalue weighted by molar-refractivity contribution is 6.31. The van der Waals surface area contributed by atoms with Gasteiger partial charge in [-0.15, -0.1) is 0 Å². The average molecular weight is 261 g/mol. The van der Waals surface area contributed by atoms with Crippen LogP contribution < -0.4 is 10.1 Å².